The van der Waals surface area contributed by atoms with Crippen molar-refractivity contribution in [2.24, 2.45) is 18.9 Å². The number of hydrogen-bond donors (Lipinski definition) is 3. The van der Waals surface area contributed by atoms with Gasteiger partial charge in [-0.05, 0) is 61.3 Å². The highest BCUT2D eigenvalue weighted by Gasteiger charge is 2.47. The first-order valence-electron chi connectivity index (χ1n) is 11.5. The molecule has 1 saturated heterocycles. The number of nitrogens with zero attached hydrogens (tertiary/aromatic N) is 2. The second-order valence-corrected chi connectivity index (χ2v) is 9.53. The Morgan fingerprint density at radius 2 is 2.00 bits per heavy atom. The van der Waals surface area contributed by atoms with Crippen LogP contribution in [0.25, 0.3) is 0 Å². The summed E-state index contributed by atoms with van der Waals surface area (Å²) in [6, 6.07) is 6.54. The number of fused-ring (bicyclic) bond motifs is 2. The van der Waals surface area contributed by atoms with Crippen molar-refractivity contribution in [3.63, 3.8) is 0 Å². The smallest absolute Gasteiger partial charge is 0.270 e. The van der Waals surface area contributed by atoms with Crippen LogP contribution in [-0.4, -0.2) is 46.8 Å². The number of carbonyl (C=O) groups is 3. The van der Waals surface area contributed by atoms with Crippen LogP contribution >= 0.6 is 0 Å². The van der Waals surface area contributed by atoms with Crippen LogP contribution in [-0.2, 0) is 26.8 Å². The van der Waals surface area contributed by atoms with E-state index >= 15 is 0 Å². The van der Waals surface area contributed by atoms with Crippen molar-refractivity contribution in [2.45, 2.75) is 44.1 Å². The fourth-order valence-corrected chi connectivity index (χ4v) is 5.39. The van der Waals surface area contributed by atoms with Crippen LogP contribution in [0, 0.1) is 11.8 Å². The highest BCUT2D eigenvalue weighted by molar-refractivity contribution is 6.07. The Kier molecular flexibility index (Phi) is 5.44. The molecule has 1 aliphatic carbocycles. The standard InChI is InChI=1S/C24H29N5O4/c1-14-11-15(12-14)20(28-21(30)19-5-8-25-29(19)2)22(31)26-16-3-4-17-18(13-16)27-23(32)24(17)6-9-33-10-7-24/h3-5,8,13-15,20H,6-7,9-12H2,1-2H3,(H,26,31)(H,27,32)(H,28,30). The monoisotopic (exact) mass is 451 g/mol. The van der Waals surface area contributed by atoms with Crippen molar-refractivity contribution in [3.8, 4) is 0 Å². The number of amides is 3. The first kappa shape index (κ1) is 21.6. The quantitative estimate of drug-likeness (QED) is 0.645. The maximum absolute atomic E-state index is 13.3. The van der Waals surface area contributed by atoms with Crippen LogP contribution in [0.4, 0.5) is 11.4 Å². The minimum Gasteiger partial charge on any atom is -0.381 e. The van der Waals surface area contributed by atoms with Gasteiger partial charge in [0.15, 0.2) is 0 Å². The molecule has 2 aliphatic heterocycles. The summed E-state index contributed by atoms with van der Waals surface area (Å²) in [5.74, 6) is 0.0282. The van der Waals surface area contributed by atoms with Gasteiger partial charge in [0.1, 0.15) is 11.7 Å². The number of benzene rings is 1. The van der Waals surface area contributed by atoms with Gasteiger partial charge in [0.2, 0.25) is 11.8 Å². The Morgan fingerprint density at radius 1 is 1.24 bits per heavy atom. The number of aromatic nitrogens is 2. The first-order valence-corrected chi connectivity index (χ1v) is 11.5. The molecule has 0 radical (unpaired) electrons. The zero-order valence-corrected chi connectivity index (χ0v) is 18.9. The summed E-state index contributed by atoms with van der Waals surface area (Å²) >= 11 is 0. The molecule has 174 valence electrons. The van der Waals surface area contributed by atoms with Crippen LogP contribution in [0.5, 0.6) is 0 Å². The molecule has 3 heterocycles. The molecular formula is C24H29N5O4. The Hall–Kier alpha value is -3.20. The first-order chi connectivity index (χ1) is 15.9. The number of aryl methyl sites for hydroxylation is 1. The summed E-state index contributed by atoms with van der Waals surface area (Å²) in [5, 5.41) is 12.9. The molecule has 3 N–H and O–H groups in total. The number of hydrogen-bond acceptors (Lipinski definition) is 5. The van der Waals surface area contributed by atoms with Crippen molar-refractivity contribution in [2.75, 3.05) is 23.8 Å². The third-order valence-electron chi connectivity index (χ3n) is 7.34. The fraction of sp³-hybridized carbons (Fsp3) is 0.500. The lowest BCUT2D eigenvalue weighted by Crippen LogP contribution is -2.52. The summed E-state index contributed by atoms with van der Waals surface area (Å²) < 4.78 is 6.95. The minimum atomic E-state index is -0.645. The molecule has 1 saturated carbocycles. The van der Waals surface area contributed by atoms with Crippen molar-refractivity contribution in [3.05, 3.63) is 41.7 Å². The molecule has 33 heavy (non-hydrogen) atoms. The van der Waals surface area contributed by atoms with Gasteiger partial charge < -0.3 is 20.7 Å². The molecule has 0 bridgehead atoms. The lowest BCUT2D eigenvalue weighted by molar-refractivity contribution is -0.124. The second-order valence-electron chi connectivity index (χ2n) is 9.53. The van der Waals surface area contributed by atoms with E-state index in [0.717, 1.165) is 24.1 Å². The van der Waals surface area contributed by atoms with Crippen molar-refractivity contribution >= 4 is 29.1 Å². The van der Waals surface area contributed by atoms with E-state index in [1.807, 2.05) is 12.1 Å². The SMILES string of the molecule is CC1CC(C(NC(=O)c2ccnn2C)C(=O)Nc2ccc3c(c2)NC(=O)C32CCOCC2)C1. The molecule has 1 unspecified atom stereocenters. The Bertz CT molecular complexity index is 1100. The van der Waals surface area contributed by atoms with Gasteiger partial charge in [0, 0.05) is 37.8 Å². The van der Waals surface area contributed by atoms with E-state index in [2.05, 4.69) is 28.0 Å². The third-order valence-corrected chi connectivity index (χ3v) is 7.34. The predicted molar refractivity (Wildman–Crippen MR) is 122 cm³/mol. The van der Waals surface area contributed by atoms with Gasteiger partial charge >= 0.3 is 0 Å². The summed E-state index contributed by atoms with van der Waals surface area (Å²) in [6.45, 7) is 3.26. The third kappa shape index (κ3) is 3.80. The topological polar surface area (TPSA) is 114 Å². The maximum atomic E-state index is 13.3. The normalized spacial score (nSPS) is 23.9. The molecule has 9 heteroatoms. The minimum absolute atomic E-state index is 0.00551. The molecule has 1 atom stereocenters. The van der Waals surface area contributed by atoms with E-state index < -0.39 is 11.5 Å². The summed E-state index contributed by atoms with van der Waals surface area (Å²) in [6.07, 6.45) is 4.63. The number of nitrogens with one attached hydrogen (secondary N) is 3. The van der Waals surface area contributed by atoms with Crippen LogP contribution < -0.4 is 16.0 Å². The van der Waals surface area contributed by atoms with E-state index in [1.54, 1.807) is 25.4 Å². The molecule has 3 aliphatic rings. The maximum Gasteiger partial charge on any atom is 0.270 e. The van der Waals surface area contributed by atoms with E-state index in [4.69, 9.17) is 4.74 Å². The van der Waals surface area contributed by atoms with Crippen LogP contribution in [0.2, 0.25) is 0 Å². The van der Waals surface area contributed by atoms with Gasteiger partial charge in [-0.25, -0.2) is 0 Å². The fourth-order valence-electron chi connectivity index (χ4n) is 5.39. The van der Waals surface area contributed by atoms with Crippen LogP contribution in [0.1, 0.15) is 48.7 Å². The summed E-state index contributed by atoms with van der Waals surface area (Å²) in [4.78, 5) is 38.8. The average molecular weight is 452 g/mol. The lowest BCUT2D eigenvalue weighted by Gasteiger charge is -2.38. The molecule has 3 amide bonds. The largest absolute Gasteiger partial charge is 0.381 e. The zero-order chi connectivity index (χ0) is 23.2. The van der Waals surface area contributed by atoms with E-state index in [9.17, 15) is 14.4 Å². The summed E-state index contributed by atoms with van der Waals surface area (Å²) in [5.41, 5.74) is 2.14. The van der Waals surface area contributed by atoms with E-state index in [1.165, 1.54) is 4.68 Å². The van der Waals surface area contributed by atoms with Crippen molar-refractivity contribution in [1.82, 2.24) is 15.1 Å². The highest BCUT2D eigenvalue weighted by atomic mass is 16.5. The Morgan fingerprint density at radius 3 is 2.67 bits per heavy atom. The molecule has 1 aromatic carbocycles. The molecule has 1 spiro atoms. The number of anilines is 2. The van der Waals surface area contributed by atoms with Gasteiger partial charge in [-0.15, -0.1) is 0 Å². The van der Waals surface area contributed by atoms with Crippen LogP contribution in [0.15, 0.2) is 30.5 Å². The van der Waals surface area contributed by atoms with E-state index in [0.29, 0.717) is 43.4 Å². The molecule has 5 rings (SSSR count). The average Bonchev–Trinajstić information content (AvgIpc) is 3.31. The van der Waals surface area contributed by atoms with Gasteiger partial charge in [-0.2, -0.15) is 5.10 Å². The van der Waals surface area contributed by atoms with Gasteiger partial charge in [0.05, 0.1) is 5.41 Å². The lowest BCUT2D eigenvalue weighted by atomic mass is 9.72. The Balaban J connectivity index is 1.34. The summed E-state index contributed by atoms with van der Waals surface area (Å²) in [7, 11) is 1.69. The van der Waals surface area contributed by atoms with Crippen LogP contribution in [0.3, 0.4) is 0 Å². The molecule has 2 fully saturated rings. The molecule has 2 aromatic rings. The van der Waals surface area contributed by atoms with Gasteiger partial charge in [-0.1, -0.05) is 13.0 Å². The van der Waals surface area contributed by atoms with Crippen molar-refractivity contribution in [1.29, 1.82) is 0 Å². The zero-order valence-electron chi connectivity index (χ0n) is 18.9. The predicted octanol–water partition coefficient (Wildman–Crippen LogP) is 2.20. The van der Waals surface area contributed by atoms with Crippen molar-refractivity contribution < 1.29 is 19.1 Å². The number of rotatable bonds is 5. The van der Waals surface area contributed by atoms with Gasteiger partial charge in [-0.3, -0.25) is 19.1 Å². The highest BCUT2D eigenvalue weighted by Crippen LogP contribution is 2.45. The number of ether oxygens (including phenoxy) is 1. The number of carbonyl (C=O) groups excluding carboxylic acids is 3. The second kappa shape index (κ2) is 8.30. The van der Waals surface area contributed by atoms with Gasteiger partial charge in [0.25, 0.3) is 5.91 Å². The Labute approximate surface area is 192 Å². The molecule has 1 aromatic heterocycles. The van der Waals surface area contributed by atoms with E-state index in [-0.39, 0.29) is 23.6 Å². The molecular weight excluding hydrogens is 422 g/mol. The molecule has 9 nitrogen and oxygen atoms in total.